The number of hydrogen-bond acceptors (Lipinski definition) is 6. The molecule has 2 heterocycles. The van der Waals surface area contributed by atoms with Crippen LogP contribution < -0.4 is 10.6 Å². The molecule has 0 saturated carbocycles. The van der Waals surface area contributed by atoms with E-state index < -0.39 is 0 Å². The van der Waals surface area contributed by atoms with Crippen LogP contribution in [-0.2, 0) is 6.42 Å². The van der Waals surface area contributed by atoms with Crippen LogP contribution in [0.5, 0.6) is 0 Å². The molecule has 2 rings (SSSR count). The fourth-order valence-electron chi connectivity index (χ4n) is 1.69. The molecule has 0 aliphatic carbocycles. The molecular formula is C12H18N4OS. The predicted octanol–water partition coefficient (Wildman–Crippen LogP) is 2.09. The number of hydrogen-bond donors (Lipinski definition) is 3. The molecule has 3 N–H and O–H groups in total. The normalized spacial score (nSPS) is 10.8. The molecular weight excluding hydrogens is 248 g/mol. The number of anilines is 2. The van der Waals surface area contributed by atoms with Crippen molar-refractivity contribution in [1.29, 1.82) is 0 Å². The summed E-state index contributed by atoms with van der Waals surface area (Å²) in [4.78, 5) is 11.2. The summed E-state index contributed by atoms with van der Waals surface area (Å²) in [6.07, 6.45) is 0.997. The lowest BCUT2D eigenvalue weighted by Crippen LogP contribution is -2.09. The van der Waals surface area contributed by atoms with Gasteiger partial charge in [-0.05, 0) is 19.4 Å². The van der Waals surface area contributed by atoms with Gasteiger partial charge in [-0.3, -0.25) is 0 Å². The molecule has 0 spiro atoms. The van der Waals surface area contributed by atoms with Gasteiger partial charge in [0.15, 0.2) is 0 Å². The summed E-state index contributed by atoms with van der Waals surface area (Å²) in [5.74, 6) is 1.43. The third-order valence-electron chi connectivity index (χ3n) is 2.53. The molecule has 0 atom stereocenters. The van der Waals surface area contributed by atoms with Crippen LogP contribution in [0.15, 0.2) is 6.07 Å². The van der Waals surface area contributed by atoms with Crippen LogP contribution >= 0.6 is 11.3 Å². The Labute approximate surface area is 110 Å². The van der Waals surface area contributed by atoms with Gasteiger partial charge < -0.3 is 15.7 Å². The highest BCUT2D eigenvalue weighted by Gasteiger charge is 2.10. The van der Waals surface area contributed by atoms with Crippen LogP contribution in [0.4, 0.5) is 11.8 Å². The molecule has 0 aliphatic rings. The van der Waals surface area contributed by atoms with Gasteiger partial charge in [-0.1, -0.05) is 6.92 Å². The lowest BCUT2D eigenvalue weighted by atomic mass is 10.3. The van der Waals surface area contributed by atoms with Gasteiger partial charge in [-0.15, -0.1) is 11.3 Å². The highest BCUT2D eigenvalue weighted by molar-refractivity contribution is 7.18. The van der Waals surface area contributed by atoms with Crippen molar-refractivity contribution in [1.82, 2.24) is 9.97 Å². The molecule has 6 heteroatoms. The monoisotopic (exact) mass is 266 g/mol. The van der Waals surface area contributed by atoms with Crippen LogP contribution in [0.2, 0.25) is 0 Å². The van der Waals surface area contributed by atoms with Crippen molar-refractivity contribution in [2.75, 3.05) is 30.3 Å². The maximum atomic E-state index is 8.90. The van der Waals surface area contributed by atoms with E-state index in [1.54, 1.807) is 11.3 Å². The molecule has 0 bridgehead atoms. The minimum Gasteiger partial charge on any atom is -0.395 e. The molecule has 0 unspecified atom stereocenters. The first-order valence-electron chi connectivity index (χ1n) is 6.17. The molecule has 0 aromatic carbocycles. The van der Waals surface area contributed by atoms with Gasteiger partial charge in [-0.2, -0.15) is 4.98 Å². The Morgan fingerprint density at radius 2 is 2.11 bits per heavy atom. The Kier molecular flexibility index (Phi) is 4.33. The third kappa shape index (κ3) is 2.70. The molecule has 5 nitrogen and oxygen atoms in total. The van der Waals surface area contributed by atoms with Crippen LogP contribution in [0.1, 0.15) is 18.7 Å². The Balaban J connectivity index is 2.44. The third-order valence-corrected chi connectivity index (χ3v) is 3.70. The largest absolute Gasteiger partial charge is 0.395 e. The van der Waals surface area contributed by atoms with Gasteiger partial charge in [0.05, 0.1) is 12.0 Å². The minimum absolute atomic E-state index is 0.0901. The van der Waals surface area contributed by atoms with E-state index in [0.29, 0.717) is 12.5 Å². The summed E-state index contributed by atoms with van der Waals surface area (Å²) in [5, 5.41) is 16.2. The highest BCUT2D eigenvalue weighted by atomic mass is 32.1. The second kappa shape index (κ2) is 5.97. The van der Waals surface area contributed by atoms with E-state index in [9.17, 15) is 0 Å². The van der Waals surface area contributed by atoms with E-state index in [1.807, 2.05) is 6.92 Å². The average Bonchev–Trinajstić information content (AvgIpc) is 2.79. The molecule has 0 fully saturated rings. The van der Waals surface area contributed by atoms with Crippen LogP contribution in [0, 0.1) is 0 Å². The van der Waals surface area contributed by atoms with Gasteiger partial charge in [0.2, 0.25) is 5.95 Å². The second-order valence-electron chi connectivity index (χ2n) is 3.86. The van der Waals surface area contributed by atoms with Crippen molar-refractivity contribution in [3.05, 3.63) is 10.9 Å². The van der Waals surface area contributed by atoms with Crippen LogP contribution in [0.3, 0.4) is 0 Å². The van der Waals surface area contributed by atoms with Gasteiger partial charge in [-0.25, -0.2) is 4.98 Å². The molecule has 2 aromatic rings. The molecule has 0 amide bonds. The Morgan fingerprint density at radius 3 is 2.78 bits per heavy atom. The number of nitrogens with one attached hydrogen (secondary N) is 2. The molecule has 0 aliphatic heterocycles. The fraction of sp³-hybridized carbons (Fsp3) is 0.500. The fourth-order valence-corrected chi connectivity index (χ4v) is 2.66. The van der Waals surface area contributed by atoms with Gasteiger partial charge in [0.25, 0.3) is 0 Å². The first-order chi connectivity index (χ1) is 8.78. The maximum Gasteiger partial charge on any atom is 0.226 e. The van der Waals surface area contributed by atoms with E-state index in [1.165, 1.54) is 4.88 Å². The van der Waals surface area contributed by atoms with Crippen molar-refractivity contribution in [2.24, 2.45) is 0 Å². The van der Waals surface area contributed by atoms with Crippen molar-refractivity contribution in [3.63, 3.8) is 0 Å². The molecule has 98 valence electrons. The Morgan fingerprint density at radius 1 is 1.28 bits per heavy atom. The smallest absolute Gasteiger partial charge is 0.226 e. The number of aliphatic hydroxyl groups is 1. The van der Waals surface area contributed by atoms with Gasteiger partial charge in [0.1, 0.15) is 10.6 Å². The quantitative estimate of drug-likeness (QED) is 0.747. The maximum absolute atomic E-state index is 8.90. The number of aliphatic hydroxyl groups excluding tert-OH is 1. The van der Waals surface area contributed by atoms with E-state index >= 15 is 0 Å². The van der Waals surface area contributed by atoms with Crippen LogP contribution in [0.25, 0.3) is 10.2 Å². The number of fused-ring (bicyclic) bond motifs is 1. The summed E-state index contributed by atoms with van der Waals surface area (Å²) >= 11 is 1.69. The lowest BCUT2D eigenvalue weighted by Gasteiger charge is -2.07. The van der Waals surface area contributed by atoms with Gasteiger partial charge in [0, 0.05) is 18.0 Å². The number of thiophene rings is 1. The summed E-state index contributed by atoms with van der Waals surface area (Å²) in [6.45, 7) is 5.52. The second-order valence-corrected chi connectivity index (χ2v) is 4.98. The summed E-state index contributed by atoms with van der Waals surface area (Å²) in [6, 6.07) is 2.12. The Bertz CT molecular complexity index is 526. The zero-order valence-corrected chi connectivity index (χ0v) is 11.5. The molecule has 0 radical (unpaired) electrons. The number of aryl methyl sites for hydroxylation is 1. The van der Waals surface area contributed by atoms with E-state index in [-0.39, 0.29) is 6.61 Å². The van der Waals surface area contributed by atoms with Crippen molar-refractivity contribution in [3.8, 4) is 0 Å². The standard InChI is InChI=1S/C12H18N4OS/c1-3-8-7-9-10(14-5-6-17)15-12(13-4-2)16-11(9)18-8/h7,17H,3-6H2,1-2H3,(H2,13,14,15,16). The van der Waals surface area contributed by atoms with Crippen molar-refractivity contribution < 1.29 is 5.11 Å². The summed E-state index contributed by atoms with van der Waals surface area (Å²) in [5.41, 5.74) is 0. The SMILES string of the molecule is CCNc1nc(NCCO)c2cc(CC)sc2n1. The van der Waals surface area contributed by atoms with E-state index in [2.05, 4.69) is 33.6 Å². The Hall–Kier alpha value is -1.40. The van der Waals surface area contributed by atoms with Crippen molar-refractivity contribution in [2.45, 2.75) is 20.3 Å². The number of aromatic nitrogens is 2. The molecule has 2 aromatic heterocycles. The molecule has 0 saturated heterocycles. The minimum atomic E-state index is 0.0901. The summed E-state index contributed by atoms with van der Waals surface area (Å²) in [7, 11) is 0. The molecule has 18 heavy (non-hydrogen) atoms. The average molecular weight is 266 g/mol. The number of rotatable bonds is 6. The predicted molar refractivity (Wildman–Crippen MR) is 76.5 cm³/mol. The lowest BCUT2D eigenvalue weighted by molar-refractivity contribution is 0.311. The number of nitrogens with zero attached hydrogens (tertiary/aromatic N) is 2. The first-order valence-corrected chi connectivity index (χ1v) is 6.99. The zero-order chi connectivity index (χ0) is 13.0. The van der Waals surface area contributed by atoms with Crippen LogP contribution in [-0.4, -0.2) is 34.8 Å². The van der Waals surface area contributed by atoms with E-state index in [4.69, 9.17) is 5.11 Å². The van der Waals surface area contributed by atoms with Gasteiger partial charge >= 0.3 is 0 Å². The highest BCUT2D eigenvalue weighted by Crippen LogP contribution is 2.30. The topological polar surface area (TPSA) is 70.1 Å². The van der Waals surface area contributed by atoms with Crippen molar-refractivity contribution >= 4 is 33.3 Å². The van der Waals surface area contributed by atoms with E-state index in [0.717, 1.165) is 29.0 Å². The summed E-state index contributed by atoms with van der Waals surface area (Å²) < 4.78 is 0. The first kappa shape index (κ1) is 13.0. The zero-order valence-electron chi connectivity index (χ0n) is 10.7.